The first-order chi connectivity index (χ1) is 12.9. The first-order valence-corrected chi connectivity index (χ1v) is 8.34. The molecule has 5 nitrogen and oxygen atoms in total. The van der Waals surface area contributed by atoms with E-state index in [1.807, 2.05) is 6.07 Å². The Bertz CT molecular complexity index is 1080. The fraction of sp³-hybridized carbons (Fsp3) is 0.167. The molecule has 2 aromatic heterocycles. The van der Waals surface area contributed by atoms with E-state index in [-0.39, 0.29) is 16.4 Å². The Morgan fingerprint density at radius 2 is 2.04 bits per heavy atom. The van der Waals surface area contributed by atoms with Crippen molar-refractivity contribution in [1.29, 1.82) is 5.26 Å². The molecule has 1 aliphatic heterocycles. The number of halogens is 4. The van der Waals surface area contributed by atoms with Gasteiger partial charge in [0.2, 0.25) is 0 Å². The average Bonchev–Trinajstić information content (AvgIpc) is 3.27. The smallest absolute Gasteiger partial charge is 0.369 e. The highest BCUT2D eigenvalue weighted by atomic mass is 35.5. The van der Waals surface area contributed by atoms with E-state index in [0.29, 0.717) is 11.3 Å². The monoisotopic (exact) mass is 389 g/mol. The number of alkyl halides is 3. The molecule has 3 heterocycles. The molecule has 3 aromatic rings. The van der Waals surface area contributed by atoms with Crippen LogP contribution in [0.5, 0.6) is 0 Å². The summed E-state index contributed by atoms with van der Waals surface area (Å²) >= 11 is 6.13. The van der Waals surface area contributed by atoms with Crippen LogP contribution >= 0.6 is 11.6 Å². The zero-order valence-electron chi connectivity index (χ0n) is 13.7. The lowest BCUT2D eigenvalue weighted by molar-refractivity contribution is -0.137. The predicted molar refractivity (Wildman–Crippen MR) is 93.7 cm³/mol. The minimum atomic E-state index is -4.51. The van der Waals surface area contributed by atoms with Gasteiger partial charge >= 0.3 is 6.18 Å². The minimum Gasteiger partial charge on any atom is -0.369 e. The van der Waals surface area contributed by atoms with Crippen molar-refractivity contribution < 1.29 is 13.2 Å². The Morgan fingerprint density at radius 3 is 2.78 bits per heavy atom. The lowest BCUT2D eigenvalue weighted by Crippen LogP contribution is -2.07. The molecular formula is C18H11ClF3N5. The van der Waals surface area contributed by atoms with Gasteiger partial charge in [-0.15, -0.1) is 0 Å². The van der Waals surface area contributed by atoms with E-state index in [1.165, 1.54) is 17.0 Å². The summed E-state index contributed by atoms with van der Waals surface area (Å²) in [6.45, 7) is 0.728. The molecular weight excluding hydrogens is 379 g/mol. The molecule has 136 valence electrons. The van der Waals surface area contributed by atoms with Crippen molar-refractivity contribution in [3.8, 4) is 23.0 Å². The second-order valence-corrected chi connectivity index (χ2v) is 6.39. The van der Waals surface area contributed by atoms with E-state index in [4.69, 9.17) is 11.6 Å². The maximum atomic E-state index is 13.1. The summed E-state index contributed by atoms with van der Waals surface area (Å²) in [5.41, 5.74) is 1.57. The molecule has 0 radical (unpaired) electrons. The summed E-state index contributed by atoms with van der Waals surface area (Å²) in [6.07, 6.45) is -0.807. The van der Waals surface area contributed by atoms with Crippen molar-refractivity contribution in [3.63, 3.8) is 0 Å². The molecule has 0 amide bonds. The first-order valence-electron chi connectivity index (χ1n) is 7.96. The minimum absolute atomic E-state index is 0.0816. The Balaban J connectivity index is 1.88. The second kappa shape index (κ2) is 6.28. The van der Waals surface area contributed by atoms with E-state index < -0.39 is 11.7 Å². The Morgan fingerprint density at radius 1 is 1.22 bits per heavy atom. The van der Waals surface area contributed by atoms with Crippen LogP contribution in [0, 0.1) is 11.3 Å². The molecule has 1 N–H and O–H groups in total. The SMILES string of the molecule is N#Cc1cc(-c2ncnc3c2CCN3)cn1-c1cc(C(F)(F)F)ccc1Cl. The number of nitrogens with zero attached hydrogens (tertiary/aromatic N) is 4. The number of hydrogen-bond donors (Lipinski definition) is 1. The summed E-state index contributed by atoms with van der Waals surface area (Å²) in [5, 5.41) is 12.7. The van der Waals surface area contributed by atoms with E-state index in [0.717, 1.165) is 36.5 Å². The molecule has 27 heavy (non-hydrogen) atoms. The molecule has 0 saturated heterocycles. The zero-order valence-corrected chi connectivity index (χ0v) is 14.4. The topological polar surface area (TPSA) is 66.5 Å². The third-order valence-electron chi connectivity index (χ3n) is 4.35. The summed E-state index contributed by atoms with van der Waals surface area (Å²) < 4.78 is 40.6. The maximum Gasteiger partial charge on any atom is 0.416 e. The molecule has 0 saturated carbocycles. The van der Waals surface area contributed by atoms with Gasteiger partial charge in [0.15, 0.2) is 0 Å². The Labute approximate surface area is 157 Å². The predicted octanol–water partition coefficient (Wildman–Crippen LogP) is 4.45. The largest absolute Gasteiger partial charge is 0.416 e. The number of nitriles is 1. The van der Waals surface area contributed by atoms with Gasteiger partial charge in [-0.3, -0.25) is 0 Å². The molecule has 4 rings (SSSR count). The van der Waals surface area contributed by atoms with Gasteiger partial charge in [0.25, 0.3) is 0 Å². The number of aromatic nitrogens is 3. The van der Waals surface area contributed by atoms with Gasteiger partial charge in [-0.25, -0.2) is 9.97 Å². The standard InChI is InChI=1S/C18H11ClF3N5/c19-14-2-1-11(18(20,21)22)6-15(14)27-8-10(5-12(27)7-23)16-13-3-4-24-17(13)26-9-25-16/h1-2,5-6,8-9H,3-4H2,(H,24,25,26). The van der Waals surface area contributed by atoms with Crippen LogP contribution in [0.15, 0.2) is 36.8 Å². The Kier molecular flexibility index (Phi) is 4.04. The van der Waals surface area contributed by atoms with Crippen LogP contribution in [0.1, 0.15) is 16.8 Å². The fourth-order valence-electron chi connectivity index (χ4n) is 3.11. The molecule has 1 aliphatic rings. The number of benzene rings is 1. The maximum absolute atomic E-state index is 13.1. The summed E-state index contributed by atoms with van der Waals surface area (Å²) in [6, 6.07) is 6.59. The second-order valence-electron chi connectivity index (χ2n) is 5.99. The van der Waals surface area contributed by atoms with Crippen LogP contribution in [0.25, 0.3) is 16.9 Å². The number of rotatable bonds is 2. The first kappa shape index (κ1) is 17.4. The van der Waals surface area contributed by atoms with Crippen LogP contribution in [0.2, 0.25) is 5.02 Å². The van der Waals surface area contributed by atoms with E-state index in [2.05, 4.69) is 15.3 Å². The highest BCUT2D eigenvalue weighted by molar-refractivity contribution is 6.32. The van der Waals surface area contributed by atoms with Crippen molar-refractivity contribution in [2.24, 2.45) is 0 Å². The van der Waals surface area contributed by atoms with Gasteiger partial charge in [-0.2, -0.15) is 18.4 Å². The molecule has 9 heteroatoms. The van der Waals surface area contributed by atoms with Gasteiger partial charge in [0, 0.05) is 23.9 Å². The van der Waals surface area contributed by atoms with E-state index >= 15 is 0 Å². The molecule has 0 spiro atoms. The molecule has 0 aliphatic carbocycles. The van der Waals surface area contributed by atoms with Crippen molar-refractivity contribution in [1.82, 2.24) is 14.5 Å². The lowest BCUT2D eigenvalue weighted by Gasteiger charge is -2.12. The van der Waals surface area contributed by atoms with Crippen LogP contribution in [-0.2, 0) is 12.6 Å². The molecule has 0 unspecified atom stereocenters. The molecule has 0 fully saturated rings. The number of anilines is 1. The average molecular weight is 390 g/mol. The summed E-state index contributed by atoms with van der Waals surface area (Å²) in [4.78, 5) is 8.46. The van der Waals surface area contributed by atoms with Gasteiger partial charge in [0.05, 0.1) is 22.0 Å². The van der Waals surface area contributed by atoms with Crippen molar-refractivity contribution in [3.05, 3.63) is 58.6 Å². The summed E-state index contributed by atoms with van der Waals surface area (Å²) in [5.74, 6) is 0.725. The lowest BCUT2D eigenvalue weighted by atomic mass is 10.1. The highest BCUT2D eigenvalue weighted by Crippen LogP contribution is 2.36. The van der Waals surface area contributed by atoms with Crippen molar-refractivity contribution in [2.45, 2.75) is 12.6 Å². The van der Waals surface area contributed by atoms with Crippen LogP contribution < -0.4 is 5.32 Å². The van der Waals surface area contributed by atoms with Gasteiger partial charge in [-0.05, 0) is 30.7 Å². The van der Waals surface area contributed by atoms with Crippen molar-refractivity contribution >= 4 is 17.4 Å². The van der Waals surface area contributed by atoms with Crippen LogP contribution in [0.3, 0.4) is 0 Å². The van der Waals surface area contributed by atoms with Gasteiger partial charge in [-0.1, -0.05) is 11.6 Å². The van der Waals surface area contributed by atoms with Crippen LogP contribution in [-0.4, -0.2) is 21.1 Å². The molecule has 0 atom stereocenters. The van der Waals surface area contributed by atoms with Crippen molar-refractivity contribution in [2.75, 3.05) is 11.9 Å². The number of fused-ring (bicyclic) bond motifs is 1. The third kappa shape index (κ3) is 3.00. The quantitative estimate of drug-likeness (QED) is 0.703. The van der Waals surface area contributed by atoms with Gasteiger partial charge in [0.1, 0.15) is 23.9 Å². The highest BCUT2D eigenvalue weighted by Gasteiger charge is 2.31. The van der Waals surface area contributed by atoms with Gasteiger partial charge < -0.3 is 9.88 Å². The molecule has 1 aromatic carbocycles. The third-order valence-corrected chi connectivity index (χ3v) is 4.67. The zero-order chi connectivity index (χ0) is 19.2. The number of nitrogens with one attached hydrogen (secondary N) is 1. The van der Waals surface area contributed by atoms with Crippen LogP contribution in [0.4, 0.5) is 19.0 Å². The fourth-order valence-corrected chi connectivity index (χ4v) is 3.32. The van der Waals surface area contributed by atoms with E-state index in [1.54, 1.807) is 12.3 Å². The number of hydrogen-bond acceptors (Lipinski definition) is 4. The Hall–Kier alpha value is -3.05. The molecule has 0 bridgehead atoms. The summed E-state index contributed by atoms with van der Waals surface area (Å²) in [7, 11) is 0. The normalized spacial score (nSPS) is 13.1. The van der Waals surface area contributed by atoms with E-state index in [9.17, 15) is 18.4 Å².